The van der Waals surface area contributed by atoms with E-state index >= 15 is 0 Å². The molecule has 0 bridgehead atoms. The first kappa shape index (κ1) is 22.3. The van der Waals surface area contributed by atoms with Gasteiger partial charge in [0, 0.05) is 18.9 Å². The number of pyridine rings is 1. The second-order valence-corrected chi connectivity index (χ2v) is 8.23. The number of carbonyl (C=O) groups is 1. The molecule has 10 heteroatoms. The normalized spacial score (nSPS) is 11.7. The van der Waals surface area contributed by atoms with E-state index < -0.39 is 32.6 Å². The fourth-order valence-electron chi connectivity index (χ4n) is 2.77. The molecule has 0 aliphatic rings. The molecular weight excluding hydrogens is 431 g/mol. The van der Waals surface area contributed by atoms with Gasteiger partial charge in [0.2, 0.25) is 0 Å². The highest BCUT2D eigenvalue weighted by atomic mass is 32.2. The molecular formula is C21H18F3N3O3S. The number of sulfonamides is 1. The summed E-state index contributed by atoms with van der Waals surface area (Å²) in [5.41, 5.74) is -0.166. The molecule has 0 radical (unpaired) electrons. The Morgan fingerprint density at radius 2 is 1.77 bits per heavy atom. The number of alkyl halides is 3. The maximum atomic E-state index is 12.9. The van der Waals surface area contributed by atoms with Gasteiger partial charge in [-0.3, -0.25) is 14.5 Å². The molecule has 0 saturated heterocycles. The standard InChI is InChI=1S/C21H18F3N3O3S/c22-21(23,24)16-6-3-7-17(13-16)31(29,30)27-19-9-2-1-8-18(19)20(28)26-12-10-15-5-4-11-25-14-15/h1-9,11,13-14,27H,10,12H2,(H,26,28). The van der Waals surface area contributed by atoms with Gasteiger partial charge in [-0.15, -0.1) is 0 Å². The number of benzene rings is 2. The van der Waals surface area contributed by atoms with E-state index in [4.69, 9.17) is 0 Å². The number of rotatable bonds is 7. The maximum Gasteiger partial charge on any atom is 0.416 e. The van der Waals surface area contributed by atoms with Crippen molar-refractivity contribution in [3.05, 3.63) is 89.7 Å². The minimum atomic E-state index is -4.68. The zero-order valence-corrected chi connectivity index (χ0v) is 16.9. The number of hydrogen-bond acceptors (Lipinski definition) is 4. The summed E-state index contributed by atoms with van der Waals surface area (Å²) in [6.07, 6.45) is -0.854. The van der Waals surface area contributed by atoms with E-state index in [1.807, 2.05) is 6.07 Å². The van der Waals surface area contributed by atoms with Gasteiger partial charge in [-0.25, -0.2) is 8.42 Å². The highest BCUT2D eigenvalue weighted by Gasteiger charge is 2.31. The number of amides is 1. The molecule has 2 aromatic carbocycles. The first-order valence-corrected chi connectivity index (χ1v) is 10.6. The predicted molar refractivity (Wildman–Crippen MR) is 109 cm³/mol. The van der Waals surface area contributed by atoms with Gasteiger partial charge in [-0.1, -0.05) is 24.3 Å². The zero-order valence-electron chi connectivity index (χ0n) is 16.1. The highest BCUT2D eigenvalue weighted by molar-refractivity contribution is 7.92. The molecule has 0 unspecified atom stereocenters. The summed E-state index contributed by atoms with van der Waals surface area (Å²) in [4.78, 5) is 16.0. The lowest BCUT2D eigenvalue weighted by Gasteiger charge is -2.14. The third kappa shape index (κ3) is 5.82. The molecule has 0 aliphatic carbocycles. The summed E-state index contributed by atoms with van der Waals surface area (Å²) < 4.78 is 66.2. The summed E-state index contributed by atoms with van der Waals surface area (Å²) in [6, 6.07) is 12.9. The smallest absolute Gasteiger partial charge is 0.352 e. The summed E-state index contributed by atoms with van der Waals surface area (Å²) in [7, 11) is -4.35. The molecule has 6 nitrogen and oxygen atoms in total. The van der Waals surface area contributed by atoms with Crippen LogP contribution in [0, 0.1) is 0 Å². The van der Waals surface area contributed by atoms with Gasteiger partial charge in [0.25, 0.3) is 15.9 Å². The molecule has 0 fully saturated rings. The molecule has 1 heterocycles. The van der Waals surface area contributed by atoms with E-state index in [0.717, 1.165) is 23.8 Å². The zero-order chi connectivity index (χ0) is 22.5. The molecule has 3 rings (SSSR count). The predicted octanol–water partition coefficient (Wildman–Crippen LogP) is 3.87. The van der Waals surface area contributed by atoms with Crippen molar-refractivity contribution in [1.82, 2.24) is 10.3 Å². The quantitative estimate of drug-likeness (QED) is 0.573. The van der Waals surface area contributed by atoms with Crippen LogP contribution in [0.5, 0.6) is 0 Å². The molecule has 1 aromatic heterocycles. The van der Waals surface area contributed by atoms with Crippen LogP contribution in [0.3, 0.4) is 0 Å². The first-order valence-electron chi connectivity index (χ1n) is 9.13. The second kappa shape index (κ2) is 9.17. The number of carbonyl (C=O) groups excluding carboxylic acids is 1. The van der Waals surface area contributed by atoms with Crippen molar-refractivity contribution in [1.29, 1.82) is 0 Å². The van der Waals surface area contributed by atoms with Gasteiger partial charge in [0.15, 0.2) is 0 Å². The first-order chi connectivity index (χ1) is 14.7. The minimum absolute atomic E-state index is 0.0428. The van der Waals surface area contributed by atoms with Gasteiger partial charge in [-0.05, 0) is 48.4 Å². The van der Waals surface area contributed by atoms with Crippen LogP contribution in [0.25, 0.3) is 0 Å². The van der Waals surface area contributed by atoms with Gasteiger partial charge in [0.1, 0.15) is 0 Å². The molecule has 0 saturated carbocycles. The molecule has 162 valence electrons. The Bertz CT molecular complexity index is 1170. The summed E-state index contributed by atoms with van der Waals surface area (Å²) in [5.74, 6) is -0.522. The number of nitrogens with zero attached hydrogens (tertiary/aromatic N) is 1. The number of nitrogens with one attached hydrogen (secondary N) is 2. The fraction of sp³-hybridized carbons (Fsp3) is 0.143. The number of anilines is 1. The Labute approximate surface area is 177 Å². The van der Waals surface area contributed by atoms with Crippen LogP contribution in [-0.4, -0.2) is 25.9 Å². The highest BCUT2D eigenvalue weighted by Crippen LogP contribution is 2.31. The SMILES string of the molecule is O=C(NCCc1cccnc1)c1ccccc1NS(=O)(=O)c1cccc(C(F)(F)F)c1. The Kier molecular flexibility index (Phi) is 6.59. The molecule has 0 atom stereocenters. The van der Waals surface area contributed by atoms with Gasteiger partial charge in [-0.2, -0.15) is 13.2 Å². The van der Waals surface area contributed by atoms with Crippen molar-refractivity contribution < 1.29 is 26.4 Å². The number of hydrogen-bond donors (Lipinski definition) is 2. The van der Waals surface area contributed by atoms with E-state index in [2.05, 4.69) is 15.0 Å². The van der Waals surface area contributed by atoms with Crippen LogP contribution in [0.4, 0.5) is 18.9 Å². The summed E-state index contributed by atoms with van der Waals surface area (Å²) in [5, 5.41) is 2.69. The van der Waals surface area contributed by atoms with Gasteiger partial charge in [0.05, 0.1) is 21.7 Å². The van der Waals surface area contributed by atoms with Crippen molar-refractivity contribution in [2.24, 2.45) is 0 Å². The fourth-order valence-corrected chi connectivity index (χ4v) is 3.90. The second-order valence-electron chi connectivity index (χ2n) is 6.54. The van der Waals surface area contributed by atoms with E-state index in [1.54, 1.807) is 24.5 Å². The van der Waals surface area contributed by atoms with Crippen molar-refractivity contribution in [3.63, 3.8) is 0 Å². The summed E-state index contributed by atoms with van der Waals surface area (Å²) >= 11 is 0. The van der Waals surface area contributed by atoms with Crippen LogP contribution in [0.1, 0.15) is 21.5 Å². The van der Waals surface area contributed by atoms with Crippen LogP contribution in [-0.2, 0) is 22.6 Å². The van der Waals surface area contributed by atoms with Crippen LogP contribution in [0.2, 0.25) is 0 Å². The topological polar surface area (TPSA) is 88.2 Å². The van der Waals surface area contributed by atoms with E-state index in [9.17, 15) is 26.4 Å². The molecule has 2 N–H and O–H groups in total. The van der Waals surface area contributed by atoms with E-state index in [0.29, 0.717) is 19.0 Å². The average Bonchev–Trinajstić information content (AvgIpc) is 2.74. The molecule has 3 aromatic rings. The Hall–Kier alpha value is -3.40. The average molecular weight is 449 g/mol. The lowest BCUT2D eigenvalue weighted by Crippen LogP contribution is -2.27. The Morgan fingerprint density at radius 3 is 2.48 bits per heavy atom. The lowest BCUT2D eigenvalue weighted by molar-refractivity contribution is -0.137. The number of para-hydroxylation sites is 1. The molecule has 1 amide bonds. The number of halogens is 3. The third-order valence-corrected chi connectivity index (χ3v) is 5.67. The summed E-state index contributed by atoms with van der Waals surface area (Å²) in [6.45, 7) is 0.291. The van der Waals surface area contributed by atoms with Crippen molar-refractivity contribution >= 4 is 21.6 Å². The Morgan fingerprint density at radius 1 is 1.00 bits per heavy atom. The van der Waals surface area contributed by atoms with Crippen molar-refractivity contribution in [2.75, 3.05) is 11.3 Å². The van der Waals surface area contributed by atoms with Gasteiger partial charge < -0.3 is 5.32 Å². The Balaban J connectivity index is 1.76. The van der Waals surface area contributed by atoms with Crippen LogP contribution >= 0.6 is 0 Å². The third-order valence-electron chi connectivity index (χ3n) is 4.31. The minimum Gasteiger partial charge on any atom is -0.352 e. The molecule has 0 spiro atoms. The van der Waals surface area contributed by atoms with Gasteiger partial charge >= 0.3 is 6.18 Å². The van der Waals surface area contributed by atoms with Crippen molar-refractivity contribution in [2.45, 2.75) is 17.5 Å². The molecule has 31 heavy (non-hydrogen) atoms. The van der Waals surface area contributed by atoms with E-state index in [-0.39, 0.29) is 11.3 Å². The monoisotopic (exact) mass is 449 g/mol. The van der Waals surface area contributed by atoms with Crippen molar-refractivity contribution in [3.8, 4) is 0 Å². The molecule has 0 aliphatic heterocycles. The van der Waals surface area contributed by atoms with E-state index in [1.165, 1.54) is 18.2 Å². The maximum absolute atomic E-state index is 12.9. The largest absolute Gasteiger partial charge is 0.416 e. The van der Waals surface area contributed by atoms with Crippen LogP contribution < -0.4 is 10.0 Å². The lowest BCUT2D eigenvalue weighted by atomic mass is 10.1. The van der Waals surface area contributed by atoms with Crippen LogP contribution in [0.15, 0.2) is 78.0 Å². The number of aromatic nitrogens is 1.